The molecule has 0 spiro atoms. The van der Waals surface area contributed by atoms with E-state index in [-0.39, 0.29) is 10.6 Å². The third-order valence-corrected chi connectivity index (χ3v) is 3.76. The molecule has 0 bridgehead atoms. The Morgan fingerprint density at radius 3 is 3.07 bits per heavy atom. The Bertz CT molecular complexity index is 387. The smallest absolute Gasteiger partial charge is 0.147 e. The maximum Gasteiger partial charge on any atom is 0.147 e. The van der Waals surface area contributed by atoms with Crippen molar-refractivity contribution < 1.29 is 9.53 Å². The lowest BCUT2D eigenvalue weighted by Gasteiger charge is -2.18. The average Bonchev–Trinajstić information content (AvgIpc) is 2.27. The van der Waals surface area contributed by atoms with Crippen LogP contribution in [0.3, 0.4) is 0 Å². The fourth-order valence-electron chi connectivity index (χ4n) is 1.77. The highest BCUT2D eigenvalue weighted by molar-refractivity contribution is 9.09. The Kier molecular flexibility index (Phi) is 3.10. The highest BCUT2D eigenvalue weighted by Gasteiger charge is 2.16. The van der Waals surface area contributed by atoms with Crippen molar-refractivity contribution in [2.75, 3.05) is 6.61 Å². The number of Topliss-reactive ketones (excluding diaryl/α,β-unsaturated/α-hetero) is 1. The fraction of sp³-hybridized carbons (Fsp3) is 0.417. The maximum atomic E-state index is 11.2. The lowest BCUT2D eigenvalue weighted by molar-refractivity contribution is -0.116. The monoisotopic (exact) mass is 268 g/mol. The second-order valence-corrected chi connectivity index (χ2v) is 4.71. The van der Waals surface area contributed by atoms with E-state index in [9.17, 15) is 4.79 Å². The van der Waals surface area contributed by atoms with E-state index in [1.165, 1.54) is 5.56 Å². The summed E-state index contributed by atoms with van der Waals surface area (Å²) in [4.78, 5) is 11.0. The molecule has 0 radical (unpaired) electrons. The molecular formula is C12H13BrO2. The van der Waals surface area contributed by atoms with Gasteiger partial charge in [0.05, 0.1) is 11.4 Å². The number of carbonyl (C=O) groups excluding carboxylic acids is 1. The Balaban J connectivity index is 2.31. The van der Waals surface area contributed by atoms with Crippen LogP contribution in [0, 0.1) is 0 Å². The molecule has 80 valence electrons. The molecule has 2 rings (SSSR count). The molecule has 1 aromatic carbocycles. The van der Waals surface area contributed by atoms with Gasteiger partial charge in [-0.15, -0.1) is 0 Å². The van der Waals surface area contributed by atoms with E-state index >= 15 is 0 Å². The second-order valence-electron chi connectivity index (χ2n) is 3.79. The minimum Gasteiger partial charge on any atom is -0.493 e. The summed E-state index contributed by atoms with van der Waals surface area (Å²) in [7, 11) is 0. The molecule has 1 aliphatic rings. The van der Waals surface area contributed by atoms with Crippen molar-refractivity contribution in [3.8, 4) is 5.75 Å². The predicted molar refractivity (Wildman–Crippen MR) is 62.6 cm³/mol. The third-order valence-electron chi connectivity index (χ3n) is 2.58. The van der Waals surface area contributed by atoms with Crippen LogP contribution in [0.15, 0.2) is 18.2 Å². The van der Waals surface area contributed by atoms with E-state index < -0.39 is 0 Å². The number of hydrogen-bond acceptors (Lipinski definition) is 2. The van der Waals surface area contributed by atoms with Crippen molar-refractivity contribution in [3.05, 3.63) is 29.3 Å². The topological polar surface area (TPSA) is 26.3 Å². The number of halogens is 1. The Hall–Kier alpha value is -0.830. The van der Waals surface area contributed by atoms with Gasteiger partial charge in [-0.3, -0.25) is 4.79 Å². The molecule has 0 fully saturated rings. The van der Waals surface area contributed by atoms with Gasteiger partial charge in [0, 0.05) is 0 Å². The van der Waals surface area contributed by atoms with Crippen LogP contribution in [-0.2, 0) is 11.2 Å². The third kappa shape index (κ3) is 2.23. The zero-order valence-electron chi connectivity index (χ0n) is 8.63. The van der Waals surface area contributed by atoms with Crippen molar-refractivity contribution in [2.45, 2.75) is 24.6 Å². The Labute approximate surface area is 97.8 Å². The highest BCUT2D eigenvalue weighted by Crippen LogP contribution is 2.31. The highest BCUT2D eigenvalue weighted by atomic mass is 79.9. The predicted octanol–water partition coefficient (Wildman–Crippen LogP) is 3.04. The summed E-state index contributed by atoms with van der Waals surface area (Å²) in [6.45, 7) is 2.40. The number of alkyl halides is 1. The van der Waals surface area contributed by atoms with Gasteiger partial charge < -0.3 is 4.74 Å². The van der Waals surface area contributed by atoms with E-state index in [1.54, 1.807) is 6.92 Å². The number of ketones is 1. The SMILES string of the molecule is CC(=O)C(Br)c1ccc2c(c1)CCCO2. The summed E-state index contributed by atoms with van der Waals surface area (Å²) >= 11 is 3.39. The molecule has 1 unspecified atom stereocenters. The number of benzene rings is 1. The standard InChI is InChI=1S/C12H13BrO2/c1-8(14)12(13)10-4-5-11-9(7-10)3-2-6-15-11/h4-5,7,12H,2-3,6H2,1H3. The molecule has 0 aliphatic carbocycles. The normalized spacial score (nSPS) is 16.4. The van der Waals surface area contributed by atoms with E-state index in [1.807, 2.05) is 12.1 Å². The summed E-state index contributed by atoms with van der Waals surface area (Å²) in [6.07, 6.45) is 2.10. The fourth-order valence-corrected chi connectivity index (χ4v) is 2.06. The van der Waals surface area contributed by atoms with Gasteiger partial charge in [0.25, 0.3) is 0 Å². The minimum absolute atomic E-state index is 0.131. The number of rotatable bonds is 2. The quantitative estimate of drug-likeness (QED) is 0.771. The molecule has 1 atom stereocenters. The van der Waals surface area contributed by atoms with Gasteiger partial charge in [0.15, 0.2) is 0 Å². The van der Waals surface area contributed by atoms with Crippen LogP contribution in [0.5, 0.6) is 5.75 Å². The summed E-state index contributed by atoms with van der Waals surface area (Å²) in [5.41, 5.74) is 2.23. The lowest BCUT2D eigenvalue weighted by Crippen LogP contribution is -2.09. The number of carbonyl (C=O) groups is 1. The van der Waals surface area contributed by atoms with Crippen LogP contribution in [0.25, 0.3) is 0 Å². The van der Waals surface area contributed by atoms with E-state index in [4.69, 9.17) is 4.74 Å². The molecule has 2 nitrogen and oxygen atoms in total. The number of fused-ring (bicyclic) bond motifs is 1. The van der Waals surface area contributed by atoms with Gasteiger partial charge in [0.2, 0.25) is 0 Å². The van der Waals surface area contributed by atoms with Gasteiger partial charge in [-0.1, -0.05) is 28.1 Å². The first kappa shape index (κ1) is 10.7. The van der Waals surface area contributed by atoms with Gasteiger partial charge in [-0.25, -0.2) is 0 Å². The molecule has 0 saturated carbocycles. The van der Waals surface area contributed by atoms with Crippen LogP contribution in [-0.4, -0.2) is 12.4 Å². The van der Waals surface area contributed by atoms with Gasteiger partial charge in [0.1, 0.15) is 11.5 Å². The first-order valence-corrected chi connectivity index (χ1v) is 6.00. The average molecular weight is 269 g/mol. The van der Waals surface area contributed by atoms with E-state index in [2.05, 4.69) is 22.0 Å². The van der Waals surface area contributed by atoms with Crippen molar-refractivity contribution in [3.63, 3.8) is 0 Å². The van der Waals surface area contributed by atoms with Crippen LogP contribution < -0.4 is 4.74 Å². The second kappa shape index (κ2) is 4.35. The number of hydrogen-bond donors (Lipinski definition) is 0. The van der Waals surface area contributed by atoms with E-state index in [0.717, 1.165) is 30.8 Å². The van der Waals surface area contributed by atoms with Crippen molar-refractivity contribution in [1.29, 1.82) is 0 Å². The first-order valence-electron chi connectivity index (χ1n) is 5.08. The largest absolute Gasteiger partial charge is 0.493 e. The summed E-state index contributed by atoms with van der Waals surface area (Å²) in [5.74, 6) is 1.10. The van der Waals surface area contributed by atoms with E-state index in [0.29, 0.717) is 0 Å². The van der Waals surface area contributed by atoms with Crippen molar-refractivity contribution in [2.24, 2.45) is 0 Å². The molecule has 0 N–H and O–H groups in total. The van der Waals surface area contributed by atoms with Crippen LogP contribution in [0.1, 0.15) is 29.3 Å². The maximum absolute atomic E-state index is 11.2. The summed E-state index contributed by atoms with van der Waals surface area (Å²) in [6, 6.07) is 5.97. The van der Waals surface area contributed by atoms with Crippen molar-refractivity contribution in [1.82, 2.24) is 0 Å². The molecule has 3 heteroatoms. The zero-order chi connectivity index (χ0) is 10.8. The molecule has 1 aromatic rings. The summed E-state index contributed by atoms with van der Waals surface area (Å²) in [5, 5.41) is 0. The number of aryl methyl sites for hydroxylation is 1. The molecule has 0 aromatic heterocycles. The number of ether oxygens (including phenoxy) is 1. The lowest BCUT2D eigenvalue weighted by atomic mass is 10.0. The summed E-state index contributed by atoms with van der Waals surface area (Å²) < 4.78 is 5.52. The molecule has 1 heterocycles. The molecule has 0 amide bonds. The first-order chi connectivity index (χ1) is 7.18. The van der Waals surface area contributed by atoms with Crippen LogP contribution >= 0.6 is 15.9 Å². The van der Waals surface area contributed by atoms with Gasteiger partial charge >= 0.3 is 0 Å². The minimum atomic E-state index is -0.190. The molecular weight excluding hydrogens is 256 g/mol. The molecule has 15 heavy (non-hydrogen) atoms. The van der Waals surface area contributed by atoms with Gasteiger partial charge in [-0.05, 0) is 37.0 Å². The van der Waals surface area contributed by atoms with Crippen LogP contribution in [0.4, 0.5) is 0 Å². The van der Waals surface area contributed by atoms with Crippen molar-refractivity contribution >= 4 is 21.7 Å². The molecule has 0 saturated heterocycles. The van der Waals surface area contributed by atoms with Crippen LogP contribution in [0.2, 0.25) is 0 Å². The molecule has 1 aliphatic heterocycles. The zero-order valence-corrected chi connectivity index (χ0v) is 10.2. The Morgan fingerprint density at radius 1 is 1.53 bits per heavy atom. The Morgan fingerprint density at radius 2 is 2.33 bits per heavy atom. The van der Waals surface area contributed by atoms with Gasteiger partial charge in [-0.2, -0.15) is 0 Å².